The first-order valence-electron chi connectivity index (χ1n) is 6.36. The van der Waals surface area contributed by atoms with Crippen molar-refractivity contribution in [3.8, 4) is 0 Å². The number of hydrogen-bond acceptors (Lipinski definition) is 3. The summed E-state index contributed by atoms with van der Waals surface area (Å²) in [5.74, 6) is -0.495. The molecule has 4 heteroatoms. The molecule has 0 aliphatic carbocycles. The second-order valence-electron chi connectivity index (χ2n) is 4.99. The van der Waals surface area contributed by atoms with E-state index in [1.54, 1.807) is 6.07 Å². The van der Waals surface area contributed by atoms with Crippen LogP contribution in [0, 0.1) is 6.92 Å². The number of ether oxygens (including phenoxy) is 1. The molecule has 0 saturated heterocycles. The van der Waals surface area contributed by atoms with Gasteiger partial charge in [0.2, 0.25) is 0 Å². The van der Waals surface area contributed by atoms with Gasteiger partial charge >= 0.3 is 5.97 Å². The van der Waals surface area contributed by atoms with Crippen molar-refractivity contribution in [1.82, 2.24) is 5.32 Å². The fraction of sp³-hybridized carbons (Fsp3) is 0.467. The number of carbonyl (C=O) groups excluding carboxylic acids is 2. The number of rotatable bonds is 5. The van der Waals surface area contributed by atoms with Gasteiger partial charge in [-0.2, -0.15) is 0 Å². The van der Waals surface area contributed by atoms with Crippen molar-refractivity contribution < 1.29 is 14.3 Å². The van der Waals surface area contributed by atoms with E-state index in [-0.39, 0.29) is 18.3 Å². The minimum absolute atomic E-state index is 0.164. The molecule has 0 spiro atoms. The highest BCUT2D eigenvalue weighted by Crippen LogP contribution is 2.16. The van der Waals surface area contributed by atoms with E-state index >= 15 is 0 Å². The standard InChI is InChI=1S/C15H21NO3/c1-5-15(3,10-13(17)19-4)16-14(18)12-8-6-7-11(2)9-12/h6-9H,5,10H2,1-4H3,(H,16,18)/t15-/m0/s1. The van der Waals surface area contributed by atoms with E-state index in [0.29, 0.717) is 12.0 Å². The van der Waals surface area contributed by atoms with Crippen LogP contribution in [-0.4, -0.2) is 24.5 Å². The van der Waals surface area contributed by atoms with Crippen LogP contribution in [-0.2, 0) is 9.53 Å². The first kappa shape index (κ1) is 15.2. The number of hydrogen-bond donors (Lipinski definition) is 1. The molecule has 0 fully saturated rings. The second-order valence-corrected chi connectivity index (χ2v) is 4.99. The lowest BCUT2D eigenvalue weighted by Gasteiger charge is -2.28. The fourth-order valence-electron chi connectivity index (χ4n) is 1.78. The van der Waals surface area contributed by atoms with E-state index in [4.69, 9.17) is 0 Å². The van der Waals surface area contributed by atoms with Gasteiger partial charge in [0.25, 0.3) is 5.91 Å². The number of methoxy groups -OCH3 is 1. The van der Waals surface area contributed by atoms with Crippen LogP contribution >= 0.6 is 0 Å². The van der Waals surface area contributed by atoms with Crippen molar-refractivity contribution in [2.45, 2.75) is 39.2 Å². The molecule has 0 bridgehead atoms. The third-order valence-corrected chi connectivity index (χ3v) is 3.24. The molecule has 0 radical (unpaired) electrons. The zero-order valence-electron chi connectivity index (χ0n) is 11.9. The predicted molar refractivity (Wildman–Crippen MR) is 74.0 cm³/mol. The lowest BCUT2D eigenvalue weighted by Crippen LogP contribution is -2.47. The SMILES string of the molecule is CC[C@@](C)(CC(=O)OC)NC(=O)c1cccc(C)c1. The second kappa shape index (κ2) is 6.36. The van der Waals surface area contributed by atoms with Crippen LogP contribution in [0.5, 0.6) is 0 Å². The Bertz CT molecular complexity index is 470. The number of amides is 1. The largest absolute Gasteiger partial charge is 0.469 e. The Labute approximate surface area is 114 Å². The van der Waals surface area contributed by atoms with Crippen molar-refractivity contribution in [2.24, 2.45) is 0 Å². The van der Waals surface area contributed by atoms with Gasteiger partial charge in [0.15, 0.2) is 0 Å². The van der Waals surface area contributed by atoms with Crippen molar-refractivity contribution in [3.05, 3.63) is 35.4 Å². The van der Waals surface area contributed by atoms with Gasteiger partial charge in [-0.25, -0.2) is 0 Å². The van der Waals surface area contributed by atoms with Crippen LogP contribution < -0.4 is 5.32 Å². The molecule has 1 rings (SSSR count). The summed E-state index contributed by atoms with van der Waals surface area (Å²) in [6.45, 7) is 5.71. The number of carbonyl (C=O) groups is 2. The average molecular weight is 263 g/mol. The molecule has 1 atom stereocenters. The lowest BCUT2D eigenvalue weighted by atomic mass is 9.94. The molecule has 0 aromatic heterocycles. The van der Waals surface area contributed by atoms with Gasteiger partial charge in [-0.05, 0) is 32.4 Å². The Morgan fingerprint density at radius 1 is 1.37 bits per heavy atom. The number of aryl methyl sites for hydroxylation is 1. The molecule has 0 aliphatic heterocycles. The normalized spacial score (nSPS) is 13.5. The third kappa shape index (κ3) is 4.39. The summed E-state index contributed by atoms with van der Waals surface area (Å²) in [4.78, 5) is 23.6. The van der Waals surface area contributed by atoms with Crippen molar-refractivity contribution >= 4 is 11.9 Å². The van der Waals surface area contributed by atoms with Gasteiger partial charge in [-0.1, -0.05) is 24.6 Å². The first-order chi connectivity index (χ1) is 8.90. The average Bonchev–Trinajstić information content (AvgIpc) is 2.38. The number of nitrogens with one attached hydrogen (secondary N) is 1. The first-order valence-corrected chi connectivity index (χ1v) is 6.36. The van der Waals surface area contributed by atoms with E-state index in [0.717, 1.165) is 5.56 Å². The summed E-state index contributed by atoms with van der Waals surface area (Å²) in [6, 6.07) is 7.36. The van der Waals surface area contributed by atoms with E-state index in [1.807, 2.05) is 39.0 Å². The Morgan fingerprint density at radius 2 is 2.05 bits per heavy atom. The van der Waals surface area contributed by atoms with Crippen LogP contribution in [0.2, 0.25) is 0 Å². The molecule has 1 N–H and O–H groups in total. The summed E-state index contributed by atoms with van der Waals surface area (Å²) in [6.07, 6.45) is 0.817. The molecule has 1 aromatic rings. The van der Waals surface area contributed by atoms with E-state index in [1.165, 1.54) is 7.11 Å². The van der Waals surface area contributed by atoms with Gasteiger partial charge in [-0.15, -0.1) is 0 Å². The Balaban J connectivity index is 2.80. The molecule has 0 saturated carbocycles. The molecule has 104 valence electrons. The van der Waals surface area contributed by atoms with Gasteiger partial charge in [0.05, 0.1) is 13.5 Å². The van der Waals surface area contributed by atoms with Gasteiger partial charge < -0.3 is 10.1 Å². The quantitative estimate of drug-likeness (QED) is 0.830. The molecule has 0 heterocycles. The topological polar surface area (TPSA) is 55.4 Å². The summed E-state index contributed by atoms with van der Waals surface area (Å²) in [7, 11) is 1.35. The molecule has 1 amide bonds. The highest BCUT2D eigenvalue weighted by atomic mass is 16.5. The zero-order chi connectivity index (χ0) is 14.5. The van der Waals surface area contributed by atoms with Crippen LogP contribution in [0.25, 0.3) is 0 Å². The molecule has 0 unspecified atom stereocenters. The van der Waals surface area contributed by atoms with Crippen molar-refractivity contribution in [3.63, 3.8) is 0 Å². The number of benzene rings is 1. The maximum absolute atomic E-state index is 12.2. The Hall–Kier alpha value is -1.84. The van der Waals surface area contributed by atoms with E-state index in [2.05, 4.69) is 10.1 Å². The highest BCUT2D eigenvalue weighted by molar-refractivity contribution is 5.95. The van der Waals surface area contributed by atoms with Gasteiger partial charge in [-0.3, -0.25) is 9.59 Å². The maximum atomic E-state index is 12.2. The van der Waals surface area contributed by atoms with Crippen molar-refractivity contribution in [1.29, 1.82) is 0 Å². The third-order valence-electron chi connectivity index (χ3n) is 3.24. The predicted octanol–water partition coefficient (Wildman–Crippen LogP) is 2.46. The van der Waals surface area contributed by atoms with Crippen LogP contribution in [0.1, 0.15) is 42.6 Å². The van der Waals surface area contributed by atoms with Gasteiger partial charge in [0, 0.05) is 11.1 Å². The summed E-state index contributed by atoms with van der Waals surface area (Å²) >= 11 is 0. The smallest absolute Gasteiger partial charge is 0.307 e. The lowest BCUT2D eigenvalue weighted by molar-refractivity contribution is -0.142. The molecule has 4 nitrogen and oxygen atoms in total. The monoisotopic (exact) mass is 263 g/mol. The van der Waals surface area contributed by atoms with Crippen molar-refractivity contribution in [2.75, 3.05) is 7.11 Å². The fourth-order valence-corrected chi connectivity index (χ4v) is 1.78. The minimum atomic E-state index is -0.589. The maximum Gasteiger partial charge on any atom is 0.307 e. The number of esters is 1. The highest BCUT2D eigenvalue weighted by Gasteiger charge is 2.28. The van der Waals surface area contributed by atoms with Crippen LogP contribution in [0.3, 0.4) is 0 Å². The van der Waals surface area contributed by atoms with Crippen LogP contribution in [0.15, 0.2) is 24.3 Å². The summed E-state index contributed by atoms with van der Waals surface area (Å²) in [5, 5.41) is 2.91. The zero-order valence-corrected chi connectivity index (χ0v) is 11.9. The molecular weight excluding hydrogens is 242 g/mol. The van der Waals surface area contributed by atoms with E-state index < -0.39 is 5.54 Å². The Kier molecular flexibility index (Phi) is 5.10. The summed E-state index contributed by atoms with van der Waals surface area (Å²) < 4.78 is 4.66. The molecule has 1 aromatic carbocycles. The van der Waals surface area contributed by atoms with Gasteiger partial charge in [0.1, 0.15) is 0 Å². The minimum Gasteiger partial charge on any atom is -0.469 e. The molecule has 0 aliphatic rings. The molecular formula is C15H21NO3. The van der Waals surface area contributed by atoms with Crippen LogP contribution in [0.4, 0.5) is 0 Å². The van der Waals surface area contributed by atoms with E-state index in [9.17, 15) is 9.59 Å². The summed E-state index contributed by atoms with van der Waals surface area (Å²) in [5.41, 5.74) is 1.04. The molecule has 19 heavy (non-hydrogen) atoms. The Morgan fingerprint density at radius 3 is 2.58 bits per heavy atom.